The van der Waals surface area contributed by atoms with Crippen LogP contribution in [-0.2, 0) is 16.5 Å². The van der Waals surface area contributed by atoms with Crippen LogP contribution in [-0.4, -0.2) is 43.6 Å². The molecular weight excluding hydrogens is 406 g/mol. The zero-order valence-corrected chi connectivity index (χ0v) is 21.8. The average molecular weight is 456 g/mol. The first-order valence-corrected chi connectivity index (χ1v) is 14.1. The van der Waals surface area contributed by atoms with Crippen molar-refractivity contribution in [3.63, 3.8) is 0 Å². The number of hydrogen-bond donors (Lipinski definition) is 0. The van der Waals surface area contributed by atoms with Crippen LogP contribution >= 0.6 is 0 Å². The van der Waals surface area contributed by atoms with E-state index >= 15 is 0 Å². The molecule has 0 fully saturated rings. The van der Waals surface area contributed by atoms with Gasteiger partial charge in [-0.2, -0.15) is 0 Å². The lowest BCUT2D eigenvalue weighted by atomic mass is 10.0. The molecule has 182 valence electrons. The number of aryl methyl sites for hydroxylation is 1. The van der Waals surface area contributed by atoms with Gasteiger partial charge in [0.1, 0.15) is 10.1 Å². The average Bonchev–Trinajstić information content (AvgIpc) is 2.77. The maximum absolute atomic E-state index is 10.8. The van der Waals surface area contributed by atoms with Crippen LogP contribution in [0.2, 0.25) is 0 Å². The highest BCUT2D eigenvalue weighted by Gasteiger charge is 2.16. The number of quaternary nitrogens is 1. The third-order valence-corrected chi connectivity index (χ3v) is 7.56. The molecule has 0 unspecified atom stereocenters. The Balaban J connectivity index is 0.000000842. The predicted octanol–water partition coefficient (Wildman–Crippen LogP) is 6.94. The fourth-order valence-corrected chi connectivity index (χ4v) is 4.45. The standard InChI is InChI=1S/C18H30O3S.C8H20N/c1-2-3-4-5-6-7-8-9-10-11-12-17-13-15-18(16-14-17)22(19,20)21;1-5-9(6-2,7-3)8-4/h13-16H,2-12H2,1H3,(H,19,20,21);5-8H2,1-4H3/q;+1/p-1. The van der Waals surface area contributed by atoms with Gasteiger partial charge in [-0.05, 0) is 58.2 Å². The van der Waals surface area contributed by atoms with Crippen molar-refractivity contribution < 1.29 is 17.5 Å². The first-order valence-electron chi connectivity index (χ1n) is 12.7. The lowest BCUT2D eigenvalue weighted by Crippen LogP contribution is -2.47. The van der Waals surface area contributed by atoms with Crippen molar-refractivity contribution >= 4 is 10.1 Å². The molecule has 0 atom stereocenters. The molecule has 1 aromatic carbocycles. The summed E-state index contributed by atoms with van der Waals surface area (Å²) in [6.07, 6.45) is 14.0. The van der Waals surface area contributed by atoms with Gasteiger partial charge >= 0.3 is 0 Å². The smallest absolute Gasteiger partial charge is 0.124 e. The summed E-state index contributed by atoms with van der Waals surface area (Å²) < 4.78 is 33.8. The maximum Gasteiger partial charge on any atom is 0.124 e. The minimum absolute atomic E-state index is 0.140. The molecule has 1 rings (SSSR count). The molecule has 0 amide bonds. The number of unbranched alkanes of at least 4 members (excludes halogenated alkanes) is 9. The topological polar surface area (TPSA) is 57.2 Å². The zero-order chi connectivity index (χ0) is 23.6. The summed E-state index contributed by atoms with van der Waals surface area (Å²) in [5.74, 6) is 0. The minimum atomic E-state index is -4.31. The quantitative estimate of drug-likeness (QED) is 0.154. The second-order valence-corrected chi connectivity index (χ2v) is 10.0. The van der Waals surface area contributed by atoms with Crippen LogP contribution in [0.15, 0.2) is 29.2 Å². The SMILES string of the molecule is CCCCCCCCCCCCc1ccc(S(=O)(=O)[O-])cc1.CC[N+](CC)(CC)CC. The first-order chi connectivity index (χ1) is 14.8. The van der Waals surface area contributed by atoms with Crippen molar-refractivity contribution in [2.45, 2.75) is 110 Å². The van der Waals surface area contributed by atoms with Gasteiger partial charge in [0.05, 0.1) is 31.1 Å². The second-order valence-electron chi connectivity index (χ2n) is 8.64. The van der Waals surface area contributed by atoms with E-state index in [9.17, 15) is 13.0 Å². The molecular formula is C26H49NO3S. The van der Waals surface area contributed by atoms with Crippen molar-refractivity contribution in [2.75, 3.05) is 26.2 Å². The highest BCUT2D eigenvalue weighted by Crippen LogP contribution is 2.14. The van der Waals surface area contributed by atoms with Crippen molar-refractivity contribution in [1.29, 1.82) is 0 Å². The molecule has 0 N–H and O–H groups in total. The molecule has 0 aliphatic carbocycles. The number of hydrogen-bond acceptors (Lipinski definition) is 3. The summed E-state index contributed by atoms with van der Waals surface area (Å²) in [6, 6.07) is 6.32. The molecule has 0 aliphatic rings. The summed E-state index contributed by atoms with van der Waals surface area (Å²) in [5, 5.41) is 0. The molecule has 0 aliphatic heterocycles. The van der Waals surface area contributed by atoms with Gasteiger partial charge in [-0.3, -0.25) is 0 Å². The lowest BCUT2D eigenvalue weighted by Gasteiger charge is -2.34. The fraction of sp³-hybridized carbons (Fsp3) is 0.769. The Hall–Kier alpha value is -0.910. The van der Waals surface area contributed by atoms with Gasteiger partial charge in [0.2, 0.25) is 0 Å². The van der Waals surface area contributed by atoms with Gasteiger partial charge in [-0.25, -0.2) is 8.42 Å². The van der Waals surface area contributed by atoms with Gasteiger partial charge in [-0.1, -0.05) is 76.8 Å². The Kier molecular flexibility index (Phi) is 17.1. The third kappa shape index (κ3) is 14.0. The van der Waals surface area contributed by atoms with Gasteiger partial charge in [0.15, 0.2) is 0 Å². The molecule has 0 radical (unpaired) electrons. The van der Waals surface area contributed by atoms with E-state index < -0.39 is 10.1 Å². The Morgan fingerprint density at radius 2 is 1.03 bits per heavy atom. The molecule has 0 saturated carbocycles. The van der Waals surface area contributed by atoms with E-state index in [2.05, 4.69) is 34.6 Å². The molecule has 31 heavy (non-hydrogen) atoms. The Morgan fingerprint density at radius 3 is 1.35 bits per heavy atom. The van der Waals surface area contributed by atoms with E-state index in [1.165, 1.54) is 101 Å². The van der Waals surface area contributed by atoms with E-state index in [0.29, 0.717) is 0 Å². The summed E-state index contributed by atoms with van der Waals surface area (Å²) >= 11 is 0. The molecule has 0 spiro atoms. The van der Waals surface area contributed by atoms with E-state index in [-0.39, 0.29) is 4.90 Å². The predicted molar refractivity (Wildman–Crippen MR) is 132 cm³/mol. The highest BCUT2D eigenvalue weighted by atomic mass is 32.2. The highest BCUT2D eigenvalue weighted by molar-refractivity contribution is 7.85. The van der Waals surface area contributed by atoms with Crippen molar-refractivity contribution in [3.05, 3.63) is 29.8 Å². The Bertz CT molecular complexity index is 620. The van der Waals surface area contributed by atoms with E-state index in [1.807, 2.05) is 0 Å². The van der Waals surface area contributed by atoms with E-state index in [4.69, 9.17) is 0 Å². The van der Waals surface area contributed by atoms with Crippen LogP contribution in [0.3, 0.4) is 0 Å². The Labute approximate surface area is 193 Å². The van der Waals surface area contributed by atoms with Crippen molar-refractivity contribution in [1.82, 2.24) is 0 Å². The summed E-state index contributed by atoms with van der Waals surface area (Å²) in [6.45, 7) is 16.5. The van der Waals surface area contributed by atoms with Gasteiger partial charge in [0.25, 0.3) is 0 Å². The number of nitrogens with zero attached hydrogens (tertiary/aromatic N) is 1. The van der Waals surface area contributed by atoms with Crippen LogP contribution in [0.5, 0.6) is 0 Å². The maximum atomic E-state index is 10.8. The minimum Gasteiger partial charge on any atom is -0.744 e. The summed E-state index contributed by atoms with van der Waals surface area (Å²) in [5.41, 5.74) is 1.10. The monoisotopic (exact) mass is 455 g/mol. The molecule has 1 aromatic rings. The molecule has 0 bridgehead atoms. The van der Waals surface area contributed by atoms with E-state index in [0.717, 1.165) is 18.4 Å². The van der Waals surface area contributed by atoms with Gasteiger partial charge < -0.3 is 9.04 Å². The molecule has 0 aromatic heterocycles. The first kappa shape index (κ1) is 30.1. The molecule has 0 saturated heterocycles. The number of benzene rings is 1. The summed E-state index contributed by atoms with van der Waals surface area (Å²) in [4.78, 5) is -0.140. The second kappa shape index (κ2) is 17.6. The lowest BCUT2D eigenvalue weighted by molar-refractivity contribution is -0.921. The van der Waals surface area contributed by atoms with Crippen LogP contribution < -0.4 is 0 Å². The van der Waals surface area contributed by atoms with Crippen LogP contribution in [0, 0.1) is 0 Å². The summed E-state index contributed by atoms with van der Waals surface area (Å²) in [7, 11) is -4.31. The fourth-order valence-electron chi connectivity index (χ4n) is 3.98. The van der Waals surface area contributed by atoms with Crippen LogP contribution in [0.4, 0.5) is 0 Å². The zero-order valence-electron chi connectivity index (χ0n) is 21.0. The van der Waals surface area contributed by atoms with E-state index in [1.54, 1.807) is 12.1 Å². The molecule has 4 nitrogen and oxygen atoms in total. The Morgan fingerprint density at radius 1 is 0.645 bits per heavy atom. The van der Waals surface area contributed by atoms with Gasteiger partial charge in [-0.15, -0.1) is 0 Å². The third-order valence-electron chi connectivity index (χ3n) is 6.71. The normalized spacial score (nSPS) is 11.8. The van der Waals surface area contributed by atoms with Crippen LogP contribution in [0.1, 0.15) is 104 Å². The van der Waals surface area contributed by atoms with Crippen LogP contribution in [0.25, 0.3) is 0 Å². The molecule has 0 heterocycles. The van der Waals surface area contributed by atoms with Crippen molar-refractivity contribution in [2.24, 2.45) is 0 Å². The number of rotatable bonds is 16. The van der Waals surface area contributed by atoms with Crippen molar-refractivity contribution in [3.8, 4) is 0 Å². The molecule has 5 heteroatoms. The largest absolute Gasteiger partial charge is 0.744 e. The van der Waals surface area contributed by atoms with Gasteiger partial charge in [0, 0.05) is 0 Å².